The van der Waals surface area contributed by atoms with Crippen LogP contribution in [0, 0.1) is 5.92 Å². The number of fused-ring (bicyclic) bond motifs is 1. The number of nitrogens with two attached hydrogens (primary N) is 3. The molecule has 16 nitrogen and oxygen atoms in total. The van der Waals surface area contributed by atoms with E-state index in [4.69, 9.17) is 31.3 Å². The van der Waals surface area contributed by atoms with Crippen molar-refractivity contribution < 1.29 is 36.4 Å². The zero-order valence-electron chi connectivity index (χ0n) is 23.6. The standard InChI is InChI=1S/C25H34N8O8S2/c1-25(2)18(22(35)33(25)41-43(36,37)38)11-20(34)21(19-14-42-24(28)30-19)31-40-9-8-39-17-5-4-15-12-32(13-16(15)10-17)23(27)29-7-3-6-26/h4-5,10,14,18H,3,6-9,11-13,26H2,1-2H3,(H2,27,29)(H2,28,30)(H,36,37,38)/b31-21-. The first kappa shape index (κ1) is 32.1. The van der Waals surface area contributed by atoms with Crippen molar-refractivity contribution in [1.29, 1.82) is 0 Å². The van der Waals surface area contributed by atoms with Crippen LogP contribution in [0.2, 0.25) is 0 Å². The molecule has 0 spiro atoms. The second kappa shape index (κ2) is 13.2. The van der Waals surface area contributed by atoms with E-state index in [9.17, 15) is 18.0 Å². The van der Waals surface area contributed by atoms with E-state index >= 15 is 0 Å². The molecule has 43 heavy (non-hydrogen) atoms. The van der Waals surface area contributed by atoms with E-state index in [0.29, 0.717) is 43.0 Å². The molecule has 0 aliphatic carbocycles. The van der Waals surface area contributed by atoms with Gasteiger partial charge in [-0.25, -0.2) is 4.98 Å². The predicted molar refractivity (Wildman–Crippen MR) is 157 cm³/mol. The Morgan fingerprint density at radius 2 is 2.00 bits per heavy atom. The highest BCUT2D eigenvalue weighted by Gasteiger charge is 2.57. The number of carbonyl (C=O) groups is 2. The number of ketones is 1. The molecule has 0 radical (unpaired) electrons. The van der Waals surface area contributed by atoms with Gasteiger partial charge in [-0.2, -0.15) is 13.5 Å². The number of hydrogen-bond acceptors (Lipinski definition) is 13. The molecular formula is C25H34N8O8S2. The van der Waals surface area contributed by atoms with E-state index in [2.05, 4.69) is 19.4 Å². The number of β-lactam (4-membered cyclic amide) rings is 1. The molecule has 7 N–H and O–H groups in total. The molecule has 0 saturated carbocycles. The fraction of sp³-hybridized carbons (Fsp3) is 0.480. The predicted octanol–water partition coefficient (Wildman–Crippen LogP) is 0.435. The largest absolute Gasteiger partial charge is 0.490 e. The monoisotopic (exact) mass is 638 g/mol. The number of guanidine groups is 1. The Hall–Kier alpha value is -3.84. The fourth-order valence-corrected chi connectivity index (χ4v) is 5.60. The maximum Gasteiger partial charge on any atom is 0.418 e. The number of aliphatic imine (C=N–C) groups is 1. The van der Waals surface area contributed by atoms with Crippen LogP contribution in [0.5, 0.6) is 5.75 Å². The number of benzene rings is 1. The number of amides is 1. The van der Waals surface area contributed by atoms with Gasteiger partial charge in [-0.1, -0.05) is 11.2 Å². The van der Waals surface area contributed by atoms with Crippen LogP contribution in [0.3, 0.4) is 0 Å². The Kier molecular flexibility index (Phi) is 9.86. The van der Waals surface area contributed by atoms with Crippen molar-refractivity contribution in [3.8, 4) is 5.75 Å². The SMILES string of the molecule is CC1(C)C(CC(=O)/C(=N\OCCOc2ccc3c(c2)CN(C(N)=NCCCN)C3)c2csc(N)n2)C(=O)N1OS(=O)(=O)O. The average molecular weight is 639 g/mol. The summed E-state index contributed by atoms with van der Waals surface area (Å²) >= 11 is 1.09. The zero-order valence-corrected chi connectivity index (χ0v) is 25.3. The van der Waals surface area contributed by atoms with Crippen molar-refractivity contribution in [3.63, 3.8) is 0 Å². The van der Waals surface area contributed by atoms with Crippen molar-refractivity contribution in [2.75, 3.05) is 32.0 Å². The first-order valence-corrected chi connectivity index (χ1v) is 15.5. The number of ether oxygens (including phenoxy) is 1. The zero-order chi connectivity index (χ0) is 31.4. The fourth-order valence-electron chi connectivity index (χ4n) is 4.60. The lowest BCUT2D eigenvalue weighted by molar-refractivity contribution is -0.228. The van der Waals surface area contributed by atoms with Crippen molar-refractivity contribution in [3.05, 3.63) is 40.4 Å². The summed E-state index contributed by atoms with van der Waals surface area (Å²) in [4.78, 5) is 41.5. The van der Waals surface area contributed by atoms with Crippen LogP contribution in [0.1, 0.15) is 43.5 Å². The summed E-state index contributed by atoms with van der Waals surface area (Å²) in [7, 11) is -4.92. The molecule has 2 aliphatic heterocycles. The Morgan fingerprint density at radius 3 is 2.65 bits per heavy atom. The average Bonchev–Trinajstić information content (AvgIpc) is 3.57. The van der Waals surface area contributed by atoms with Crippen LogP contribution in [-0.4, -0.2) is 83.1 Å². The van der Waals surface area contributed by atoms with Gasteiger partial charge in [0.2, 0.25) is 0 Å². The highest BCUT2D eigenvalue weighted by atomic mass is 32.3. The van der Waals surface area contributed by atoms with Gasteiger partial charge >= 0.3 is 10.4 Å². The summed E-state index contributed by atoms with van der Waals surface area (Å²) in [6.45, 7) is 5.48. The number of rotatable bonds is 14. The smallest absolute Gasteiger partial charge is 0.418 e. The molecule has 1 atom stereocenters. The van der Waals surface area contributed by atoms with Crippen molar-refractivity contribution >= 4 is 50.2 Å². The minimum Gasteiger partial charge on any atom is -0.490 e. The van der Waals surface area contributed by atoms with Gasteiger partial charge in [0.25, 0.3) is 5.91 Å². The van der Waals surface area contributed by atoms with Crippen molar-refractivity contribution in [2.45, 2.75) is 45.3 Å². The van der Waals surface area contributed by atoms with Crippen LogP contribution < -0.4 is 21.9 Å². The number of hydrogen-bond donors (Lipinski definition) is 4. The molecule has 1 aromatic carbocycles. The molecule has 4 rings (SSSR count). The quantitative estimate of drug-likeness (QED) is 0.0549. The third-order valence-corrected chi connectivity index (χ3v) is 7.93. The number of aromatic nitrogens is 1. The molecule has 1 aromatic heterocycles. The molecule has 1 amide bonds. The summed E-state index contributed by atoms with van der Waals surface area (Å²) in [5.74, 6) is -1.23. The van der Waals surface area contributed by atoms with Crippen molar-refractivity contribution in [1.82, 2.24) is 14.9 Å². The van der Waals surface area contributed by atoms with Gasteiger partial charge in [-0.05, 0) is 50.1 Å². The van der Waals surface area contributed by atoms with Crippen LogP contribution in [-0.2, 0) is 42.2 Å². The van der Waals surface area contributed by atoms with E-state index in [-0.39, 0.29) is 36.2 Å². The first-order valence-electron chi connectivity index (χ1n) is 13.2. The van der Waals surface area contributed by atoms with Crippen LogP contribution in [0.4, 0.5) is 5.13 Å². The first-order chi connectivity index (χ1) is 20.3. The minimum atomic E-state index is -4.92. The summed E-state index contributed by atoms with van der Waals surface area (Å²) in [6, 6.07) is 5.73. The topological polar surface area (TPSA) is 238 Å². The highest BCUT2D eigenvalue weighted by Crippen LogP contribution is 2.40. The summed E-state index contributed by atoms with van der Waals surface area (Å²) in [5.41, 5.74) is 18.3. The lowest BCUT2D eigenvalue weighted by Gasteiger charge is -2.50. The number of oxime groups is 1. The number of hydroxylamine groups is 2. The Bertz CT molecular complexity index is 1520. The Labute approximate surface area is 252 Å². The van der Waals surface area contributed by atoms with E-state index in [1.165, 1.54) is 19.2 Å². The number of nitrogen functional groups attached to an aromatic ring is 1. The number of carbonyl (C=O) groups excluding carboxylic acids is 2. The minimum absolute atomic E-state index is 0.00973. The third-order valence-electron chi connectivity index (χ3n) is 6.92. The van der Waals surface area contributed by atoms with Crippen molar-refractivity contribution in [2.24, 2.45) is 27.5 Å². The molecule has 1 fully saturated rings. The number of anilines is 1. The second-order valence-electron chi connectivity index (χ2n) is 10.3. The maximum atomic E-state index is 13.2. The summed E-state index contributed by atoms with van der Waals surface area (Å²) < 4.78 is 41.2. The lowest BCUT2D eigenvalue weighted by atomic mass is 9.74. The van der Waals surface area contributed by atoms with E-state index < -0.39 is 33.5 Å². The van der Waals surface area contributed by atoms with Gasteiger partial charge in [0.05, 0.1) is 11.5 Å². The number of Topliss-reactive ketones (excluding diaryl/α,β-unsaturated/α-hetero) is 1. The molecular weight excluding hydrogens is 604 g/mol. The van der Waals surface area contributed by atoms with Gasteiger partial charge < -0.3 is 31.7 Å². The molecule has 0 bridgehead atoms. The van der Waals surface area contributed by atoms with Crippen LogP contribution in [0.25, 0.3) is 0 Å². The Morgan fingerprint density at radius 1 is 1.26 bits per heavy atom. The molecule has 3 heterocycles. The summed E-state index contributed by atoms with van der Waals surface area (Å²) in [5, 5.41) is 6.19. The van der Waals surface area contributed by atoms with Gasteiger partial charge in [-0.3, -0.25) is 19.1 Å². The number of thiazole rings is 1. The molecule has 2 aromatic rings. The molecule has 1 unspecified atom stereocenters. The van der Waals surface area contributed by atoms with Gasteiger partial charge in [-0.15, -0.1) is 15.6 Å². The van der Waals surface area contributed by atoms with Crippen LogP contribution >= 0.6 is 11.3 Å². The van der Waals surface area contributed by atoms with E-state index in [0.717, 1.165) is 28.9 Å². The maximum absolute atomic E-state index is 13.2. The highest BCUT2D eigenvalue weighted by molar-refractivity contribution is 7.80. The van der Waals surface area contributed by atoms with E-state index in [1.54, 1.807) is 0 Å². The summed E-state index contributed by atoms with van der Waals surface area (Å²) in [6.07, 6.45) is 0.424. The lowest BCUT2D eigenvalue weighted by Crippen LogP contribution is -2.68. The van der Waals surface area contributed by atoms with Crippen LogP contribution in [0.15, 0.2) is 33.7 Å². The molecule has 1 saturated heterocycles. The second-order valence-corrected chi connectivity index (χ2v) is 12.2. The molecule has 234 valence electrons. The van der Waals surface area contributed by atoms with Gasteiger partial charge in [0, 0.05) is 31.4 Å². The molecule has 2 aliphatic rings. The van der Waals surface area contributed by atoms with Gasteiger partial charge in [0.1, 0.15) is 18.1 Å². The number of nitrogens with zero attached hydrogens (tertiary/aromatic N) is 5. The third kappa shape index (κ3) is 7.77. The molecule has 18 heteroatoms. The normalized spacial score (nSPS) is 18.4. The van der Waals surface area contributed by atoms with E-state index in [1.807, 2.05) is 23.1 Å². The Balaban J connectivity index is 1.33. The van der Waals surface area contributed by atoms with Gasteiger partial charge in [0.15, 0.2) is 29.2 Å².